The van der Waals surface area contributed by atoms with E-state index in [0.717, 1.165) is 45.3 Å². The summed E-state index contributed by atoms with van der Waals surface area (Å²) in [5.74, 6) is 0. The Morgan fingerprint density at radius 2 is 2.20 bits per heavy atom. The van der Waals surface area contributed by atoms with Gasteiger partial charge in [-0.2, -0.15) is 0 Å². The van der Waals surface area contributed by atoms with Crippen molar-refractivity contribution in [3.8, 4) is 0 Å². The van der Waals surface area contributed by atoms with Crippen LogP contribution in [0.3, 0.4) is 0 Å². The van der Waals surface area contributed by atoms with Crippen molar-refractivity contribution in [2.45, 2.75) is 56.8 Å². The Morgan fingerprint density at radius 3 is 2.93 bits per heavy atom. The normalized spacial score (nSPS) is 42.0. The SMILES string of the molecule is CCC1CC2(CCO1)CC(NC)CCO2. The highest BCUT2D eigenvalue weighted by Gasteiger charge is 2.41. The molecule has 0 radical (unpaired) electrons. The van der Waals surface area contributed by atoms with Gasteiger partial charge in [0.15, 0.2) is 0 Å². The lowest BCUT2D eigenvalue weighted by molar-refractivity contribution is -0.162. The summed E-state index contributed by atoms with van der Waals surface area (Å²) in [5.41, 5.74) is 0.116. The zero-order valence-corrected chi connectivity index (χ0v) is 9.92. The lowest BCUT2D eigenvalue weighted by atomic mass is 9.81. The molecule has 3 unspecified atom stereocenters. The van der Waals surface area contributed by atoms with Gasteiger partial charge in [-0.3, -0.25) is 0 Å². The second-order valence-electron chi connectivity index (χ2n) is 4.87. The third kappa shape index (κ3) is 2.52. The average Bonchev–Trinajstić information content (AvgIpc) is 2.29. The Balaban J connectivity index is 1.98. The molecule has 0 aromatic rings. The van der Waals surface area contributed by atoms with Gasteiger partial charge in [-0.25, -0.2) is 0 Å². The zero-order valence-electron chi connectivity index (χ0n) is 9.92. The molecule has 2 rings (SSSR count). The van der Waals surface area contributed by atoms with Gasteiger partial charge in [0, 0.05) is 25.7 Å². The van der Waals surface area contributed by atoms with Gasteiger partial charge in [0.1, 0.15) is 0 Å². The van der Waals surface area contributed by atoms with Crippen LogP contribution >= 0.6 is 0 Å². The van der Waals surface area contributed by atoms with E-state index in [1.807, 2.05) is 0 Å². The van der Waals surface area contributed by atoms with Gasteiger partial charge >= 0.3 is 0 Å². The molecule has 2 saturated heterocycles. The maximum Gasteiger partial charge on any atom is 0.0743 e. The average molecular weight is 213 g/mol. The lowest BCUT2D eigenvalue weighted by Gasteiger charge is -2.45. The van der Waals surface area contributed by atoms with E-state index in [-0.39, 0.29) is 5.60 Å². The highest BCUT2D eigenvalue weighted by atomic mass is 16.5. The van der Waals surface area contributed by atoms with E-state index in [1.165, 1.54) is 0 Å². The van der Waals surface area contributed by atoms with Crippen molar-refractivity contribution < 1.29 is 9.47 Å². The molecule has 0 bridgehead atoms. The number of rotatable bonds is 2. The van der Waals surface area contributed by atoms with Gasteiger partial charge < -0.3 is 14.8 Å². The van der Waals surface area contributed by atoms with E-state index < -0.39 is 0 Å². The van der Waals surface area contributed by atoms with E-state index in [0.29, 0.717) is 12.1 Å². The second-order valence-corrected chi connectivity index (χ2v) is 4.87. The second kappa shape index (κ2) is 4.81. The summed E-state index contributed by atoms with van der Waals surface area (Å²) in [4.78, 5) is 0. The van der Waals surface area contributed by atoms with Gasteiger partial charge in [0.25, 0.3) is 0 Å². The van der Waals surface area contributed by atoms with Gasteiger partial charge in [-0.15, -0.1) is 0 Å². The minimum atomic E-state index is 0.116. The van der Waals surface area contributed by atoms with Crippen molar-refractivity contribution in [1.82, 2.24) is 5.32 Å². The highest BCUT2D eigenvalue weighted by Crippen LogP contribution is 2.37. The Labute approximate surface area is 92.5 Å². The molecule has 1 N–H and O–H groups in total. The summed E-state index contributed by atoms with van der Waals surface area (Å²) in [6.07, 6.45) is 5.98. The molecule has 3 nitrogen and oxygen atoms in total. The van der Waals surface area contributed by atoms with E-state index in [9.17, 15) is 0 Å². The molecule has 88 valence electrons. The van der Waals surface area contributed by atoms with Crippen LogP contribution in [0.4, 0.5) is 0 Å². The van der Waals surface area contributed by atoms with Gasteiger partial charge in [0.2, 0.25) is 0 Å². The molecule has 2 heterocycles. The Bertz CT molecular complexity index is 186. The Morgan fingerprint density at radius 1 is 1.33 bits per heavy atom. The molecule has 0 aliphatic carbocycles. The van der Waals surface area contributed by atoms with E-state index in [2.05, 4.69) is 19.3 Å². The first-order valence-corrected chi connectivity index (χ1v) is 6.21. The maximum atomic E-state index is 6.05. The minimum Gasteiger partial charge on any atom is -0.378 e. The molecule has 15 heavy (non-hydrogen) atoms. The molecule has 3 atom stereocenters. The molecule has 2 aliphatic rings. The number of nitrogens with one attached hydrogen (secondary N) is 1. The fourth-order valence-corrected chi connectivity index (χ4v) is 2.84. The zero-order chi connectivity index (χ0) is 10.7. The van der Waals surface area contributed by atoms with Crippen LogP contribution in [0.2, 0.25) is 0 Å². The molecule has 2 fully saturated rings. The molecular formula is C12H23NO2. The molecule has 3 heteroatoms. The third-order valence-corrected chi connectivity index (χ3v) is 3.87. The molecular weight excluding hydrogens is 190 g/mol. The van der Waals surface area contributed by atoms with Crippen LogP contribution in [0, 0.1) is 0 Å². The summed E-state index contributed by atoms with van der Waals surface area (Å²) in [5, 5.41) is 3.39. The van der Waals surface area contributed by atoms with Crippen molar-refractivity contribution in [3.05, 3.63) is 0 Å². The van der Waals surface area contributed by atoms with Crippen molar-refractivity contribution >= 4 is 0 Å². The predicted octanol–water partition coefficient (Wildman–Crippen LogP) is 1.71. The first kappa shape index (κ1) is 11.4. The molecule has 1 spiro atoms. The number of hydrogen-bond acceptors (Lipinski definition) is 3. The summed E-state index contributed by atoms with van der Waals surface area (Å²) in [6, 6.07) is 0.634. The summed E-state index contributed by atoms with van der Waals surface area (Å²) >= 11 is 0. The van der Waals surface area contributed by atoms with Crippen molar-refractivity contribution in [3.63, 3.8) is 0 Å². The Hall–Kier alpha value is -0.120. The predicted molar refractivity (Wildman–Crippen MR) is 60.0 cm³/mol. The van der Waals surface area contributed by atoms with Gasteiger partial charge in [-0.1, -0.05) is 6.92 Å². The molecule has 0 saturated carbocycles. The van der Waals surface area contributed by atoms with Crippen molar-refractivity contribution in [1.29, 1.82) is 0 Å². The fraction of sp³-hybridized carbons (Fsp3) is 1.00. The molecule has 0 aromatic carbocycles. The summed E-state index contributed by atoms with van der Waals surface area (Å²) in [6.45, 7) is 3.97. The lowest BCUT2D eigenvalue weighted by Crippen LogP contribution is -2.51. The third-order valence-electron chi connectivity index (χ3n) is 3.87. The molecule has 0 amide bonds. The van der Waals surface area contributed by atoms with Gasteiger partial charge in [0.05, 0.1) is 11.7 Å². The van der Waals surface area contributed by atoms with E-state index in [1.54, 1.807) is 0 Å². The van der Waals surface area contributed by atoms with Crippen LogP contribution in [0.5, 0.6) is 0 Å². The maximum absolute atomic E-state index is 6.05. The minimum absolute atomic E-state index is 0.116. The number of ether oxygens (including phenoxy) is 2. The van der Waals surface area contributed by atoms with Crippen LogP contribution in [-0.2, 0) is 9.47 Å². The topological polar surface area (TPSA) is 30.5 Å². The van der Waals surface area contributed by atoms with Gasteiger partial charge in [-0.05, 0) is 32.7 Å². The van der Waals surface area contributed by atoms with Crippen LogP contribution < -0.4 is 5.32 Å². The van der Waals surface area contributed by atoms with Crippen molar-refractivity contribution in [2.24, 2.45) is 0 Å². The molecule has 2 aliphatic heterocycles. The van der Waals surface area contributed by atoms with E-state index >= 15 is 0 Å². The first-order valence-electron chi connectivity index (χ1n) is 6.21. The highest BCUT2D eigenvalue weighted by molar-refractivity contribution is 4.93. The van der Waals surface area contributed by atoms with Crippen LogP contribution in [0.1, 0.15) is 39.0 Å². The smallest absolute Gasteiger partial charge is 0.0743 e. The molecule has 0 aromatic heterocycles. The number of hydrogen-bond donors (Lipinski definition) is 1. The summed E-state index contributed by atoms with van der Waals surface area (Å²) in [7, 11) is 2.06. The first-order chi connectivity index (χ1) is 7.28. The largest absolute Gasteiger partial charge is 0.378 e. The van der Waals surface area contributed by atoms with Crippen LogP contribution in [0.15, 0.2) is 0 Å². The van der Waals surface area contributed by atoms with E-state index in [4.69, 9.17) is 9.47 Å². The fourth-order valence-electron chi connectivity index (χ4n) is 2.84. The quantitative estimate of drug-likeness (QED) is 0.757. The van der Waals surface area contributed by atoms with Crippen LogP contribution in [0.25, 0.3) is 0 Å². The van der Waals surface area contributed by atoms with Crippen LogP contribution in [-0.4, -0.2) is 38.0 Å². The summed E-state index contributed by atoms with van der Waals surface area (Å²) < 4.78 is 11.8. The standard InChI is InChI=1S/C12H23NO2/c1-3-11-9-12(5-7-14-11)8-10(13-2)4-6-15-12/h10-11,13H,3-9H2,1-2H3. The monoisotopic (exact) mass is 213 g/mol. The van der Waals surface area contributed by atoms with Crippen molar-refractivity contribution in [2.75, 3.05) is 20.3 Å². The Kier molecular flexibility index (Phi) is 3.65.